The fourth-order valence-electron chi connectivity index (χ4n) is 3.45. The number of carbonyl (C=O) groups is 2. The van der Waals surface area contributed by atoms with E-state index in [0.29, 0.717) is 29.4 Å². The van der Waals surface area contributed by atoms with Crippen LogP contribution in [0.15, 0.2) is 54.6 Å². The van der Waals surface area contributed by atoms with Crippen molar-refractivity contribution in [3.8, 4) is 0 Å². The molecule has 2 unspecified atom stereocenters. The molecule has 2 aromatic rings. The van der Waals surface area contributed by atoms with Crippen molar-refractivity contribution in [3.63, 3.8) is 0 Å². The lowest BCUT2D eigenvalue weighted by Gasteiger charge is -2.31. The molecular formula is C21H26N4O2. The Balaban J connectivity index is 1.54. The first-order valence-corrected chi connectivity index (χ1v) is 9.40. The lowest BCUT2D eigenvalue weighted by molar-refractivity contribution is 0.0908. The minimum atomic E-state index is -0.327. The summed E-state index contributed by atoms with van der Waals surface area (Å²) in [6.07, 6.45) is 4.36. The smallest absolute Gasteiger partial charge is 0.323 e. The Morgan fingerprint density at radius 3 is 2.19 bits per heavy atom. The molecule has 0 spiro atoms. The molecule has 0 bridgehead atoms. The van der Waals surface area contributed by atoms with Gasteiger partial charge in [-0.05, 0) is 61.7 Å². The van der Waals surface area contributed by atoms with Crippen LogP contribution in [0.4, 0.5) is 16.2 Å². The lowest BCUT2D eigenvalue weighted by atomic mass is 9.84. The summed E-state index contributed by atoms with van der Waals surface area (Å²) in [4.78, 5) is 24.5. The van der Waals surface area contributed by atoms with E-state index in [0.717, 1.165) is 19.3 Å². The van der Waals surface area contributed by atoms with Crippen molar-refractivity contribution in [2.24, 2.45) is 11.7 Å². The molecule has 0 aliphatic heterocycles. The maximum atomic E-state index is 12.5. The van der Waals surface area contributed by atoms with Gasteiger partial charge in [0.25, 0.3) is 5.91 Å². The summed E-state index contributed by atoms with van der Waals surface area (Å²) in [6, 6.07) is 15.9. The van der Waals surface area contributed by atoms with Crippen molar-refractivity contribution >= 4 is 23.3 Å². The third-order valence-corrected chi connectivity index (χ3v) is 4.96. The van der Waals surface area contributed by atoms with E-state index in [2.05, 4.69) is 16.0 Å². The Bertz CT molecular complexity index is 762. The van der Waals surface area contributed by atoms with Gasteiger partial charge in [-0.1, -0.05) is 31.0 Å². The highest BCUT2D eigenvalue weighted by Gasteiger charge is 2.25. The van der Waals surface area contributed by atoms with Crippen molar-refractivity contribution in [2.45, 2.75) is 31.7 Å². The summed E-state index contributed by atoms with van der Waals surface area (Å²) in [5.74, 6) is 0.256. The van der Waals surface area contributed by atoms with Gasteiger partial charge in [0.05, 0.1) is 0 Å². The van der Waals surface area contributed by atoms with Crippen LogP contribution in [-0.2, 0) is 0 Å². The third-order valence-electron chi connectivity index (χ3n) is 4.96. The summed E-state index contributed by atoms with van der Waals surface area (Å²) in [6.45, 7) is 0.602. The van der Waals surface area contributed by atoms with Crippen LogP contribution in [0.25, 0.3) is 0 Å². The van der Waals surface area contributed by atoms with Gasteiger partial charge in [0.1, 0.15) is 0 Å². The van der Waals surface area contributed by atoms with Crippen LogP contribution in [-0.4, -0.2) is 24.5 Å². The standard InChI is InChI=1S/C21H26N4O2/c22-14-16-6-4-5-9-19(16)25-20(26)15-10-12-18(13-11-15)24-21(27)23-17-7-2-1-3-8-17/h1-3,7-8,10-13,16,19H,4-6,9,14,22H2,(H,25,26)(H2,23,24,27). The first-order chi connectivity index (χ1) is 13.2. The summed E-state index contributed by atoms with van der Waals surface area (Å²) >= 11 is 0. The number of urea groups is 1. The Morgan fingerprint density at radius 1 is 0.889 bits per heavy atom. The maximum absolute atomic E-state index is 12.5. The third kappa shape index (κ3) is 5.31. The predicted octanol–water partition coefficient (Wildman–Crippen LogP) is 3.58. The number of benzene rings is 2. The number of amides is 3. The molecule has 2 aromatic carbocycles. The average Bonchev–Trinajstić information content (AvgIpc) is 2.69. The Labute approximate surface area is 159 Å². The van der Waals surface area contributed by atoms with E-state index < -0.39 is 0 Å². The first-order valence-electron chi connectivity index (χ1n) is 9.40. The van der Waals surface area contributed by atoms with E-state index in [9.17, 15) is 9.59 Å². The molecule has 1 aliphatic carbocycles. The van der Waals surface area contributed by atoms with E-state index in [1.165, 1.54) is 6.42 Å². The topological polar surface area (TPSA) is 96.2 Å². The van der Waals surface area contributed by atoms with Gasteiger partial charge >= 0.3 is 6.03 Å². The SMILES string of the molecule is NCC1CCCCC1NC(=O)c1ccc(NC(=O)Nc2ccccc2)cc1. The minimum absolute atomic E-state index is 0.0966. The van der Waals surface area contributed by atoms with Crippen LogP contribution in [0.2, 0.25) is 0 Å². The van der Waals surface area contributed by atoms with Crippen LogP contribution in [0.5, 0.6) is 0 Å². The highest BCUT2D eigenvalue weighted by molar-refractivity contribution is 6.00. The quantitative estimate of drug-likeness (QED) is 0.651. The van der Waals surface area contributed by atoms with Crippen molar-refractivity contribution in [1.82, 2.24) is 5.32 Å². The van der Waals surface area contributed by atoms with Gasteiger partial charge in [0, 0.05) is 23.0 Å². The van der Waals surface area contributed by atoms with Gasteiger partial charge in [-0.2, -0.15) is 0 Å². The van der Waals surface area contributed by atoms with Gasteiger partial charge < -0.3 is 21.7 Å². The van der Waals surface area contributed by atoms with Crippen LogP contribution >= 0.6 is 0 Å². The van der Waals surface area contributed by atoms with E-state index in [1.807, 2.05) is 30.3 Å². The highest BCUT2D eigenvalue weighted by atomic mass is 16.2. The summed E-state index contributed by atoms with van der Waals surface area (Å²) in [5.41, 5.74) is 7.74. The maximum Gasteiger partial charge on any atom is 0.323 e. The zero-order valence-electron chi connectivity index (χ0n) is 15.3. The Kier molecular flexibility index (Phi) is 6.44. The van der Waals surface area contributed by atoms with Gasteiger partial charge in [0.2, 0.25) is 0 Å². The fourth-order valence-corrected chi connectivity index (χ4v) is 3.45. The first kappa shape index (κ1) is 18.9. The molecule has 0 aromatic heterocycles. The second-order valence-electron chi connectivity index (χ2n) is 6.88. The molecule has 1 fully saturated rings. The molecule has 2 atom stereocenters. The van der Waals surface area contributed by atoms with Crippen molar-refractivity contribution < 1.29 is 9.59 Å². The van der Waals surface area contributed by atoms with Crippen molar-refractivity contribution in [2.75, 3.05) is 17.2 Å². The van der Waals surface area contributed by atoms with Crippen molar-refractivity contribution in [1.29, 1.82) is 0 Å². The van der Waals surface area contributed by atoms with Crippen LogP contribution in [0, 0.1) is 5.92 Å². The highest BCUT2D eigenvalue weighted by Crippen LogP contribution is 2.24. The second-order valence-corrected chi connectivity index (χ2v) is 6.88. The number of hydrogen-bond acceptors (Lipinski definition) is 3. The van der Waals surface area contributed by atoms with Gasteiger partial charge in [0.15, 0.2) is 0 Å². The normalized spacial score (nSPS) is 19.1. The molecule has 1 saturated carbocycles. The number of nitrogens with one attached hydrogen (secondary N) is 3. The van der Waals surface area contributed by atoms with Crippen molar-refractivity contribution in [3.05, 3.63) is 60.2 Å². The van der Waals surface area contributed by atoms with Gasteiger partial charge in [-0.3, -0.25) is 4.79 Å². The Morgan fingerprint density at radius 2 is 1.52 bits per heavy atom. The minimum Gasteiger partial charge on any atom is -0.349 e. The van der Waals surface area contributed by atoms with Gasteiger partial charge in [-0.25, -0.2) is 4.79 Å². The molecule has 0 radical (unpaired) electrons. The molecule has 142 valence electrons. The Hall–Kier alpha value is -2.86. The molecule has 6 heteroatoms. The van der Waals surface area contributed by atoms with E-state index in [4.69, 9.17) is 5.73 Å². The predicted molar refractivity (Wildman–Crippen MR) is 108 cm³/mol. The number of hydrogen-bond donors (Lipinski definition) is 4. The molecule has 6 nitrogen and oxygen atoms in total. The number of nitrogens with two attached hydrogens (primary N) is 1. The van der Waals surface area contributed by atoms with Crippen LogP contribution in [0.1, 0.15) is 36.0 Å². The zero-order chi connectivity index (χ0) is 19.1. The molecule has 5 N–H and O–H groups in total. The molecule has 27 heavy (non-hydrogen) atoms. The molecular weight excluding hydrogens is 340 g/mol. The number of rotatable bonds is 5. The monoisotopic (exact) mass is 366 g/mol. The molecule has 0 heterocycles. The molecule has 3 amide bonds. The van der Waals surface area contributed by atoms with Gasteiger partial charge in [-0.15, -0.1) is 0 Å². The second kappa shape index (κ2) is 9.19. The summed E-state index contributed by atoms with van der Waals surface area (Å²) in [7, 11) is 0. The van der Waals surface area contributed by atoms with Crippen LogP contribution < -0.4 is 21.7 Å². The van der Waals surface area contributed by atoms with E-state index in [1.54, 1.807) is 24.3 Å². The summed E-state index contributed by atoms with van der Waals surface area (Å²) < 4.78 is 0. The fraction of sp³-hybridized carbons (Fsp3) is 0.333. The zero-order valence-corrected chi connectivity index (χ0v) is 15.3. The summed E-state index contributed by atoms with van der Waals surface area (Å²) in [5, 5.41) is 8.62. The number of para-hydroxylation sites is 1. The molecule has 3 rings (SSSR count). The molecule has 0 saturated heterocycles. The van der Waals surface area contributed by atoms with E-state index in [-0.39, 0.29) is 18.0 Å². The van der Waals surface area contributed by atoms with E-state index >= 15 is 0 Å². The molecule has 1 aliphatic rings. The lowest BCUT2D eigenvalue weighted by Crippen LogP contribution is -2.44. The number of anilines is 2. The van der Waals surface area contributed by atoms with Crippen LogP contribution in [0.3, 0.4) is 0 Å². The largest absolute Gasteiger partial charge is 0.349 e. The average molecular weight is 366 g/mol. The number of carbonyl (C=O) groups excluding carboxylic acids is 2.